The number of carbonyl (C=O) groups is 1. The van der Waals surface area contributed by atoms with Crippen LogP contribution in [0.5, 0.6) is 0 Å². The molecule has 5 nitrogen and oxygen atoms in total. The van der Waals surface area contributed by atoms with Gasteiger partial charge in [-0.25, -0.2) is 4.98 Å². The molecular weight excluding hydrogens is 332 g/mol. The molecule has 0 atom stereocenters. The lowest BCUT2D eigenvalue weighted by molar-refractivity contribution is 0.0898. The predicted molar refractivity (Wildman–Crippen MR) is 98.6 cm³/mol. The van der Waals surface area contributed by atoms with Crippen LogP contribution in [0.25, 0.3) is 5.57 Å². The summed E-state index contributed by atoms with van der Waals surface area (Å²) in [5, 5.41) is 15.2. The molecule has 1 fully saturated rings. The summed E-state index contributed by atoms with van der Waals surface area (Å²) in [7, 11) is 0. The zero-order chi connectivity index (χ0) is 17.9. The SMILES string of the molecule is C/C(N)=C(\C#N)c1csc(C2(NC(=O)c3ccccc3)CCCC2)n1. The van der Waals surface area contributed by atoms with E-state index in [0.29, 0.717) is 22.5 Å². The van der Waals surface area contributed by atoms with E-state index in [1.54, 1.807) is 19.1 Å². The number of nitrogens with two attached hydrogens (primary N) is 1. The van der Waals surface area contributed by atoms with Gasteiger partial charge in [0.15, 0.2) is 0 Å². The lowest BCUT2D eigenvalue weighted by Gasteiger charge is -2.28. The molecule has 0 bridgehead atoms. The van der Waals surface area contributed by atoms with Gasteiger partial charge in [-0.2, -0.15) is 5.26 Å². The minimum Gasteiger partial charge on any atom is -0.401 e. The Morgan fingerprint density at radius 1 is 1.32 bits per heavy atom. The van der Waals surface area contributed by atoms with E-state index in [0.717, 1.165) is 30.7 Å². The average Bonchev–Trinajstić information content (AvgIpc) is 3.26. The van der Waals surface area contributed by atoms with E-state index < -0.39 is 5.54 Å². The van der Waals surface area contributed by atoms with Gasteiger partial charge >= 0.3 is 0 Å². The lowest BCUT2D eigenvalue weighted by Crippen LogP contribution is -2.43. The number of nitriles is 1. The molecule has 1 aliphatic carbocycles. The minimum atomic E-state index is -0.459. The van der Waals surface area contributed by atoms with E-state index in [4.69, 9.17) is 5.73 Å². The first kappa shape index (κ1) is 17.2. The first-order chi connectivity index (χ1) is 12.1. The maximum Gasteiger partial charge on any atom is 0.252 e. The smallest absolute Gasteiger partial charge is 0.252 e. The van der Waals surface area contributed by atoms with Crippen LogP contribution in [0, 0.1) is 11.3 Å². The van der Waals surface area contributed by atoms with E-state index in [9.17, 15) is 10.1 Å². The largest absolute Gasteiger partial charge is 0.401 e. The van der Waals surface area contributed by atoms with Gasteiger partial charge in [0.05, 0.1) is 16.8 Å². The highest BCUT2D eigenvalue weighted by molar-refractivity contribution is 7.10. The number of nitrogens with zero attached hydrogens (tertiary/aromatic N) is 2. The van der Waals surface area contributed by atoms with Crippen LogP contribution in [-0.2, 0) is 5.54 Å². The third kappa shape index (κ3) is 3.42. The molecule has 128 valence electrons. The van der Waals surface area contributed by atoms with Crippen LogP contribution >= 0.6 is 11.3 Å². The van der Waals surface area contributed by atoms with Crippen LogP contribution in [0.3, 0.4) is 0 Å². The number of carbonyl (C=O) groups excluding carboxylic acids is 1. The summed E-state index contributed by atoms with van der Waals surface area (Å²) in [6, 6.07) is 11.3. The van der Waals surface area contributed by atoms with Crippen LogP contribution in [0.2, 0.25) is 0 Å². The normalized spacial score (nSPS) is 16.8. The van der Waals surface area contributed by atoms with Crippen molar-refractivity contribution in [3.05, 3.63) is 57.7 Å². The number of benzene rings is 1. The minimum absolute atomic E-state index is 0.0923. The summed E-state index contributed by atoms with van der Waals surface area (Å²) in [6.45, 7) is 1.69. The van der Waals surface area contributed by atoms with E-state index in [-0.39, 0.29) is 5.91 Å². The third-order valence-corrected chi connectivity index (χ3v) is 5.57. The summed E-state index contributed by atoms with van der Waals surface area (Å²) >= 11 is 1.48. The van der Waals surface area contributed by atoms with Gasteiger partial charge in [-0.05, 0) is 31.9 Å². The Morgan fingerprint density at radius 2 is 2.00 bits per heavy atom. The molecule has 1 aliphatic rings. The molecule has 3 rings (SSSR count). The number of rotatable bonds is 4. The average molecular weight is 352 g/mol. The Morgan fingerprint density at radius 3 is 2.60 bits per heavy atom. The number of nitrogens with one attached hydrogen (secondary N) is 1. The zero-order valence-corrected chi connectivity index (χ0v) is 14.9. The standard InChI is InChI=1S/C19H20N4OS/c1-13(21)15(11-20)16-12-25-18(22-16)19(9-5-6-10-19)23-17(24)14-7-3-2-4-8-14/h2-4,7-8,12H,5-6,9-10,21H2,1H3,(H,23,24)/b15-13-. The Balaban J connectivity index is 1.92. The maximum absolute atomic E-state index is 12.7. The first-order valence-electron chi connectivity index (χ1n) is 8.26. The monoisotopic (exact) mass is 352 g/mol. The van der Waals surface area contributed by atoms with Crippen molar-refractivity contribution < 1.29 is 4.79 Å². The highest BCUT2D eigenvalue weighted by Gasteiger charge is 2.40. The molecule has 3 N–H and O–H groups in total. The Hall–Kier alpha value is -2.65. The molecule has 6 heteroatoms. The molecule has 1 aromatic carbocycles. The Labute approximate surface area is 151 Å². The molecule has 1 heterocycles. The number of thiazole rings is 1. The van der Waals surface area contributed by atoms with Gasteiger partial charge in [0.2, 0.25) is 0 Å². The highest BCUT2D eigenvalue weighted by Crippen LogP contribution is 2.41. The maximum atomic E-state index is 12.7. The molecule has 0 saturated heterocycles. The number of amides is 1. The van der Waals surface area contributed by atoms with E-state index in [1.165, 1.54) is 11.3 Å². The van der Waals surface area contributed by atoms with E-state index in [2.05, 4.69) is 16.4 Å². The van der Waals surface area contributed by atoms with Gasteiger partial charge in [-0.15, -0.1) is 11.3 Å². The molecule has 0 spiro atoms. The predicted octanol–water partition coefficient (Wildman–Crippen LogP) is 3.56. The molecule has 1 saturated carbocycles. The molecule has 2 aromatic rings. The second-order valence-electron chi connectivity index (χ2n) is 6.32. The summed E-state index contributed by atoms with van der Waals surface area (Å²) in [5.41, 5.74) is 7.40. The number of hydrogen-bond acceptors (Lipinski definition) is 5. The molecular formula is C19H20N4OS. The second kappa shape index (κ2) is 7.08. The van der Waals surface area contributed by atoms with Gasteiger partial charge < -0.3 is 11.1 Å². The fourth-order valence-electron chi connectivity index (χ4n) is 3.21. The van der Waals surface area contributed by atoms with Crippen molar-refractivity contribution in [3.8, 4) is 6.07 Å². The molecule has 0 radical (unpaired) electrons. The number of aromatic nitrogens is 1. The summed E-state index contributed by atoms with van der Waals surface area (Å²) in [6.07, 6.45) is 3.79. The summed E-state index contributed by atoms with van der Waals surface area (Å²) in [4.78, 5) is 17.3. The van der Waals surface area contributed by atoms with Gasteiger partial charge in [-0.1, -0.05) is 31.0 Å². The molecule has 25 heavy (non-hydrogen) atoms. The number of allylic oxidation sites excluding steroid dienone is 2. The van der Waals surface area contributed by atoms with Gasteiger partial charge in [-0.3, -0.25) is 4.79 Å². The topological polar surface area (TPSA) is 91.8 Å². The number of hydrogen-bond donors (Lipinski definition) is 2. The zero-order valence-electron chi connectivity index (χ0n) is 14.1. The molecule has 0 aliphatic heterocycles. The summed E-state index contributed by atoms with van der Waals surface area (Å²) < 4.78 is 0. The van der Waals surface area contributed by atoms with Crippen LogP contribution in [-0.4, -0.2) is 10.9 Å². The fraction of sp³-hybridized carbons (Fsp3) is 0.316. The van der Waals surface area contributed by atoms with Crippen molar-refractivity contribution in [1.29, 1.82) is 5.26 Å². The van der Waals surface area contributed by atoms with E-state index >= 15 is 0 Å². The molecule has 1 aromatic heterocycles. The van der Waals surface area contributed by atoms with Crippen LogP contribution in [0.15, 0.2) is 41.4 Å². The van der Waals surface area contributed by atoms with Crippen LogP contribution < -0.4 is 11.1 Å². The quantitative estimate of drug-likeness (QED) is 0.823. The van der Waals surface area contributed by atoms with Crippen molar-refractivity contribution in [2.45, 2.75) is 38.1 Å². The van der Waals surface area contributed by atoms with Crippen molar-refractivity contribution >= 4 is 22.8 Å². The van der Waals surface area contributed by atoms with Crippen molar-refractivity contribution in [1.82, 2.24) is 10.3 Å². The van der Waals surface area contributed by atoms with Crippen molar-refractivity contribution in [2.75, 3.05) is 0 Å². The Bertz CT molecular complexity index is 838. The van der Waals surface area contributed by atoms with E-state index in [1.807, 2.05) is 23.6 Å². The second-order valence-corrected chi connectivity index (χ2v) is 7.18. The molecule has 1 amide bonds. The van der Waals surface area contributed by atoms with Gasteiger partial charge in [0, 0.05) is 16.6 Å². The highest BCUT2D eigenvalue weighted by atomic mass is 32.1. The Kier molecular flexibility index (Phi) is 4.86. The van der Waals surface area contributed by atoms with Crippen molar-refractivity contribution in [3.63, 3.8) is 0 Å². The van der Waals surface area contributed by atoms with Crippen LogP contribution in [0.1, 0.15) is 53.7 Å². The van der Waals surface area contributed by atoms with Crippen molar-refractivity contribution in [2.24, 2.45) is 5.73 Å². The molecule has 0 unspecified atom stereocenters. The fourth-order valence-corrected chi connectivity index (χ4v) is 4.23. The first-order valence-corrected chi connectivity index (χ1v) is 9.14. The van der Waals surface area contributed by atoms with Gasteiger partial charge in [0.1, 0.15) is 11.1 Å². The summed E-state index contributed by atoms with van der Waals surface area (Å²) in [5.74, 6) is -0.0923. The van der Waals surface area contributed by atoms with Gasteiger partial charge in [0.25, 0.3) is 5.91 Å². The lowest BCUT2D eigenvalue weighted by atomic mass is 9.97. The van der Waals surface area contributed by atoms with Crippen LogP contribution in [0.4, 0.5) is 0 Å². The third-order valence-electron chi connectivity index (χ3n) is 4.52.